The summed E-state index contributed by atoms with van der Waals surface area (Å²) in [7, 11) is -0.485. The molecule has 5 nitrogen and oxygen atoms in total. The van der Waals surface area contributed by atoms with Crippen LogP contribution < -0.4 is 5.46 Å². The van der Waals surface area contributed by atoms with E-state index in [2.05, 4.69) is 6.92 Å². The van der Waals surface area contributed by atoms with Gasteiger partial charge in [0, 0.05) is 0 Å². The van der Waals surface area contributed by atoms with E-state index in [-0.39, 0.29) is 17.7 Å². The third kappa shape index (κ3) is 4.42. The van der Waals surface area contributed by atoms with Gasteiger partial charge in [-0.25, -0.2) is 0 Å². The fourth-order valence-corrected chi connectivity index (χ4v) is 4.48. The summed E-state index contributed by atoms with van der Waals surface area (Å²) < 4.78 is 12.3. The van der Waals surface area contributed by atoms with Crippen molar-refractivity contribution in [3.8, 4) is 0 Å². The van der Waals surface area contributed by atoms with Gasteiger partial charge in [0.1, 0.15) is 0 Å². The van der Waals surface area contributed by atoms with Crippen molar-refractivity contribution in [1.29, 1.82) is 0 Å². The minimum Gasteiger partial charge on any atom is -0.399 e. The maximum absolute atomic E-state index is 12.9. The number of hydrogen-bond donors (Lipinski definition) is 0. The van der Waals surface area contributed by atoms with E-state index in [1.807, 2.05) is 76.2 Å². The van der Waals surface area contributed by atoms with Crippen molar-refractivity contribution in [1.82, 2.24) is 4.90 Å². The highest BCUT2D eigenvalue weighted by Gasteiger charge is 2.51. The Balaban J connectivity index is 1.50. The first kappa shape index (κ1) is 22.8. The minimum atomic E-state index is -0.485. The fourth-order valence-electron chi connectivity index (χ4n) is 3.64. The molecule has 2 aromatic carbocycles. The van der Waals surface area contributed by atoms with Crippen molar-refractivity contribution in [2.75, 3.05) is 0 Å². The van der Waals surface area contributed by atoms with Crippen LogP contribution in [0.2, 0.25) is 0 Å². The molecule has 2 amide bonds. The lowest BCUT2D eigenvalue weighted by molar-refractivity contribution is -0.123. The summed E-state index contributed by atoms with van der Waals surface area (Å²) in [4.78, 5) is 27.2. The van der Waals surface area contributed by atoms with Gasteiger partial charge < -0.3 is 9.31 Å². The van der Waals surface area contributed by atoms with E-state index >= 15 is 0 Å². The fraction of sp³-hybridized carbons (Fsp3) is 0.360. The molecule has 2 saturated heterocycles. The Morgan fingerprint density at radius 3 is 2.25 bits per heavy atom. The van der Waals surface area contributed by atoms with Crippen LogP contribution in [0.5, 0.6) is 0 Å². The first-order valence-electron chi connectivity index (χ1n) is 10.9. The molecule has 0 saturated carbocycles. The molecule has 7 heteroatoms. The van der Waals surface area contributed by atoms with Crippen LogP contribution in [0.4, 0.5) is 4.79 Å². The van der Waals surface area contributed by atoms with Gasteiger partial charge in [0.2, 0.25) is 0 Å². The lowest BCUT2D eigenvalue weighted by Gasteiger charge is -2.32. The number of carbonyl (C=O) groups excluding carboxylic acids is 2. The van der Waals surface area contributed by atoms with Crippen molar-refractivity contribution in [3.63, 3.8) is 0 Å². The van der Waals surface area contributed by atoms with Crippen LogP contribution in [0, 0.1) is 0 Å². The molecular formula is C25H28BNO4S. The zero-order valence-corrected chi connectivity index (χ0v) is 20.0. The number of imide groups is 1. The molecule has 166 valence electrons. The molecule has 0 bridgehead atoms. The number of aryl methyl sites for hydroxylation is 1. The standard InChI is InChI=1S/C25H28BNO4S/c1-6-17-10-12-18(13-11-17)15-21-22(28)27(23(29)32-21)16-19-8-7-9-20(14-19)26-30-24(2,3)25(4,5)31-26/h7-15H,6,16H2,1-5H3/b21-15-. The van der Waals surface area contributed by atoms with Crippen molar-refractivity contribution in [3.05, 3.63) is 70.1 Å². The van der Waals surface area contributed by atoms with Gasteiger partial charge in [-0.15, -0.1) is 0 Å². The Morgan fingerprint density at radius 1 is 0.969 bits per heavy atom. The molecule has 2 aliphatic heterocycles. The lowest BCUT2D eigenvalue weighted by Crippen LogP contribution is -2.41. The number of benzene rings is 2. The third-order valence-corrected chi connectivity index (χ3v) is 7.28. The number of amides is 2. The lowest BCUT2D eigenvalue weighted by atomic mass is 9.78. The Morgan fingerprint density at radius 2 is 1.62 bits per heavy atom. The smallest absolute Gasteiger partial charge is 0.399 e. The molecule has 0 atom stereocenters. The Bertz CT molecular complexity index is 1060. The van der Waals surface area contributed by atoms with Crippen LogP contribution in [-0.2, 0) is 27.1 Å². The monoisotopic (exact) mass is 449 g/mol. The van der Waals surface area contributed by atoms with Gasteiger partial charge in [-0.2, -0.15) is 0 Å². The first-order chi connectivity index (χ1) is 15.1. The Hall–Kier alpha value is -2.35. The largest absolute Gasteiger partial charge is 0.494 e. The van der Waals surface area contributed by atoms with Crippen LogP contribution >= 0.6 is 11.8 Å². The zero-order chi connectivity index (χ0) is 23.1. The number of rotatable bonds is 5. The van der Waals surface area contributed by atoms with E-state index in [9.17, 15) is 9.59 Å². The van der Waals surface area contributed by atoms with Crippen LogP contribution in [0.15, 0.2) is 53.4 Å². The van der Waals surface area contributed by atoms with Crippen LogP contribution in [0.1, 0.15) is 51.3 Å². The SMILES string of the molecule is CCc1ccc(/C=C2\SC(=O)N(Cc3cccc(B4OC(C)(C)C(C)(C)O4)c3)C2=O)cc1. The average Bonchev–Trinajstić information content (AvgIpc) is 3.14. The second-order valence-corrected chi connectivity index (χ2v) is 10.2. The van der Waals surface area contributed by atoms with Crippen LogP contribution in [0.3, 0.4) is 0 Å². The molecule has 2 aromatic rings. The molecule has 32 heavy (non-hydrogen) atoms. The van der Waals surface area contributed by atoms with Gasteiger partial charge in [0.25, 0.3) is 11.1 Å². The Labute approximate surface area is 194 Å². The van der Waals surface area contributed by atoms with Crippen molar-refractivity contribution < 1.29 is 18.9 Å². The molecule has 4 rings (SSSR count). The summed E-state index contributed by atoms with van der Waals surface area (Å²) in [5, 5.41) is -0.257. The second kappa shape index (κ2) is 8.54. The van der Waals surface area contributed by atoms with E-state index in [1.54, 1.807) is 6.08 Å². The molecule has 0 spiro atoms. The van der Waals surface area contributed by atoms with E-state index in [1.165, 1.54) is 10.5 Å². The molecule has 0 radical (unpaired) electrons. The van der Waals surface area contributed by atoms with Gasteiger partial charge in [0.05, 0.1) is 22.7 Å². The van der Waals surface area contributed by atoms with Crippen molar-refractivity contribution in [2.45, 2.75) is 58.8 Å². The van der Waals surface area contributed by atoms with Crippen LogP contribution in [-0.4, -0.2) is 34.4 Å². The molecule has 2 heterocycles. The van der Waals surface area contributed by atoms with Gasteiger partial charge in [-0.05, 0) is 74.1 Å². The van der Waals surface area contributed by atoms with E-state index in [0.29, 0.717) is 4.91 Å². The predicted molar refractivity (Wildman–Crippen MR) is 129 cm³/mol. The first-order valence-corrected chi connectivity index (χ1v) is 11.7. The zero-order valence-electron chi connectivity index (χ0n) is 19.2. The van der Waals surface area contributed by atoms with E-state index in [4.69, 9.17) is 9.31 Å². The molecule has 0 aliphatic carbocycles. The number of thioether (sulfide) groups is 1. The predicted octanol–water partition coefficient (Wildman–Crippen LogP) is 4.78. The maximum Gasteiger partial charge on any atom is 0.494 e. The van der Waals surface area contributed by atoms with E-state index in [0.717, 1.165) is 34.8 Å². The Kier molecular flexibility index (Phi) is 6.09. The number of nitrogens with zero attached hydrogens (tertiary/aromatic N) is 1. The number of carbonyl (C=O) groups is 2. The molecular weight excluding hydrogens is 421 g/mol. The summed E-state index contributed by atoms with van der Waals surface area (Å²) >= 11 is 0.984. The van der Waals surface area contributed by atoms with Crippen molar-refractivity contribution in [2.24, 2.45) is 0 Å². The molecule has 0 aromatic heterocycles. The van der Waals surface area contributed by atoms with Gasteiger partial charge >= 0.3 is 7.12 Å². The summed E-state index contributed by atoms with van der Waals surface area (Å²) in [5.41, 5.74) is 3.01. The summed E-state index contributed by atoms with van der Waals surface area (Å²) in [6.45, 7) is 10.4. The highest BCUT2D eigenvalue weighted by atomic mass is 32.2. The van der Waals surface area contributed by atoms with Gasteiger partial charge in [0.15, 0.2) is 0 Å². The molecule has 0 unspecified atom stereocenters. The van der Waals surface area contributed by atoms with Crippen LogP contribution in [0.25, 0.3) is 6.08 Å². The highest BCUT2D eigenvalue weighted by Crippen LogP contribution is 2.37. The van der Waals surface area contributed by atoms with Gasteiger partial charge in [-0.3, -0.25) is 14.5 Å². The van der Waals surface area contributed by atoms with E-state index < -0.39 is 18.3 Å². The highest BCUT2D eigenvalue weighted by molar-refractivity contribution is 8.18. The van der Waals surface area contributed by atoms with Crippen molar-refractivity contribution >= 4 is 41.6 Å². The quantitative estimate of drug-likeness (QED) is 0.486. The summed E-state index contributed by atoms with van der Waals surface area (Å²) in [6.07, 6.45) is 2.74. The molecule has 2 fully saturated rings. The normalized spacial score (nSPS) is 21.1. The second-order valence-electron chi connectivity index (χ2n) is 9.20. The molecule has 2 aliphatic rings. The topological polar surface area (TPSA) is 55.8 Å². The average molecular weight is 449 g/mol. The summed E-state index contributed by atoms with van der Waals surface area (Å²) in [5.74, 6) is -0.263. The summed E-state index contributed by atoms with van der Waals surface area (Å²) in [6, 6.07) is 15.7. The van der Waals surface area contributed by atoms with Gasteiger partial charge in [-0.1, -0.05) is 55.5 Å². The molecule has 0 N–H and O–H groups in total. The minimum absolute atomic E-state index is 0.212. The number of hydrogen-bond acceptors (Lipinski definition) is 5. The third-order valence-electron chi connectivity index (χ3n) is 6.38. The maximum atomic E-state index is 12.9.